The van der Waals surface area contributed by atoms with Gasteiger partial charge in [-0.2, -0.15) is 0 Å². The van der Waals surface area contributed by atoms with Gasteiger partial charge in [-0.15, -0.1) is 0 Å². The Balaban J connectivity index is 2.70. The number of carbonyl (C=O) groups is 2. The first kappa shape index (κ1) is 13.5. The van der Waals surface area contributed by atoms with Crippen molar-refractivity contribution >= 4 is 29.2 Å². The van der Waals surface area contributed by atoms with Crippen LogP contribution in [-0.2, 0) is 9.59 Å². The van der Waals surface area contributed by atoms with E-state index in [0.29, 0.717) is 10.7 Å². The highest BCUT2D eigenvalue weighted by atomic mass is 35.5. The first-order valence-electron chi connectivity index (χ1n) is 4.92. The Hall–Kier alpha value is -1.59. The molecule has 17 heavy (non-hydrogen) atoms. The van der Waals surface area contributed by atoms with E-state index in [0.717, 1.165) is 0 Å². The van der Waals surface area contributed by atoms with Crippen LogP contribution in [0.5, 0.6) is 0 Å². The molecule has 5 nitrogen and oxygen atoms in total. The number of hydrogen-bond donors (Lipinski definition) is 2. The molecule has 0 bridgehead atoms. The van der Waals surface area contributed by atoms with Crippen molar-refractivity contribution in [1.29, 1.82) is 0 Å². The van der Waals surface area contributed by atoms with Gasteiger partial charge in [0.15, 0.2) is 0 Å². The van der Waals surface area contributed by atoms with Crippen molar-refractivity contribution in [1.82, 2.24) is 0 Å². The summed E-state index contributed by atoms with van der Waals surface area (Å²) in [6.45, 7) is 0. The number of carbonyl (C=O) groups excluding carboxylic acids is 1. The number of hydrogen-bond acceptors (Lipinski definition) is 3. The summed E-state index contributed by atoms with van der Waals surface area (Å²) in [7, 11) is 1.56. The maximum atomic E-state index is 11.7. The van der Waals surface area contributed by atoms with Crippen molar-refractivity contribution < 1.29 is 14.7 Å². The molecule has 0 aromatic heterocycles. The second-order valence-electron chi connectivity index (χ2n) is 3.58. The lowest BCUT2D eigenvalue weighted by Crippen LogP contribution is -2.37. The van der Waals surface area contributed by atoms with Crippen LogP contribution in [0, 0.1) is 0 Å². The topological polar surface area (TPSA) is 83.6 Å². The number of rotatable bonds is 4. The van der Waals surface area contributed by atoms with E-state index in [-0.39, 0.29) is 12.3 Å². The van der Waals surface area contributed by atoms with E-state index in [1.54, 1.807) is 31.3 Å². The van der Waals surface area contributed by atoms with E-state index in [9.17, 15) is 9.59 Å². The van der Waals surface area contributed by atoms with Crippen LogP contribution >= 0.6 is 11.6 Å². The summed E-state index contributed by atoms with van der Waals surface area (Å²) in [6, 6.07) is 5.46. The van der Waals surface area contributed by atoms with Gasteiger partial charge in [-0.1, -0.05) is 11.6 Å². The normalized spacial score (nSPS) is 11.9. The summed E-state index contributed by atoms with van der Waals surface area (Å²) in [5.74, 6) is -1.55. The van der Waals surface area contributed by atoms with Crippen molar-refractivity contribution in [2.45, 2.75) is 12.5 Å². The van der Waals surface area contributed by atoms with Gasteiger partial charge in [0.1, 0.15) is 6.04 Å². The van der Waals surface area contributed by atoms with Crippen LogP contribution in [0.3, 0.4) is 0 Å². The third-order valence-electron chi connectivity index (χ3n) is 2.30. The standard InChI is InChI=1S/C11H13ClN2O3/c1-14(8-4-2-7(12)3-5-8)10(15)6-9(13)11(16)17/h2-5,9H,6,13H2,1H3,(H,16,17). The average molecular weight is 257 g/mol. The van der Waals surface area contributed by atoms with E-state index in [1.807, 2.05) is 0 Å². The van der Waals surface area contributed by atoms with Gasteiger partial charge in [0, 0.05) is 17.8 Å². The van der Waals surface area contributed by atoms with Gasteiger partial charge >= 0.3 is 5.97 Å². The zero-order valence-electron chi connectivity index (χ0n) is 9.26. The Kier molecular flexibility index (Phi) is 4.48. The summed E-state index contributed by atoms with van der Waals surface area (Å²) < 4.78 is 0. The van der Waals surface area contributed by atoms with Gasteiger partial charge in [0.2, 0.25) is 5.91 Å². The quantitative estimate of drug-likeness (QED) is 0.845. The first-order chi connectivity index (χ1) is 7.91. The van der Waals surface area contributed by atoms with Crippen LogP contribution in [0.25, 0.3) is 0 Å². The highest BCUT2D eigenvalue weighted by Crippen LogP contribution is 2.17. The number of carboxylic acid groups (broad SMARTS) is 1. The van der Waals surface area contributed by atoms with Crippen molar-refractivity contribution in [3.05, 3.63) is 29.3 Å². The van der Waals surface area contributed by atoms with Crippen LogP contribution in [-0.4, -0.2) is 30.1 Å². The van der Waals surface area contributed by atoms with Crippen LogP contribution < -0.4 is 10.6 Å². The summed E-state index contributed by atoms with van der Waals surface area (Å²) >= 11 is 5.72. The fourth-order valence-corrected chi connectivity index (χ4v) is 1.35. The Bertz CT molecular complexity index is 419. The summed E-state index contributed by atoms with van der Waals surface area (Å²) in [4.78, 5) is 23.6. The van der Waals surface area contributed by atoms with E-state index in [4.69, 9.17) is 22.4 Å². The maximum absolute atomic E-state index is 11.7. The number of carboxylic acids is 1. The van der Waals surface area contributed by atoms with E-state index < -0.39 is 12.0 Å². The van der Waals surface area contributed by atoms with Crippen molar-refractivity contribution in [3.63, 3.8) is 0 Å². The van der Waals surface area contributed by atoms with Crippen LogP contribution in [0.2, 0.25) is 5.02 Å². The number of amides is 1. The third-order valence-corrected chi connectivity index (χ3v) is 2.55. The van der Waals surface area contributed by atoms with Crippen molar-refractivity contribution in [2.24, 2.45) is 5.73 Å². The molecule has 0 spiro atoms. The minimum absolute atomic E-state index is 0.242. The lowest BCUT2D eigenvalue weighted by molar-refractivity contribution is -0.140. The van der Waals surface area contributed by atoms with Gasteiger partial charge in [-0.3, -0.25) is 9.59 Å². The first-order valence-corrected chi connectivity index (χ1v) is 5.30. The molecule has 6 heteroatoms. The minimum Gasteiger partial charge on any atom is -0.480 e. The molecule has 0 aliphatic heterocycles. The summed E-state index contributed by atoms with van der Waals surface area (Å²) in [5.41, 5.74) is 5.93. The van der Waals surface area contributed by atoms with Crippen LogP contribution in [0.1, 0.15) is 6.42 Å². The summed E-state index contributed by atoms with van der Waals surface area (Å²) in [5, 5.41) is 9.17. The van der Waals surface area contributed by atoms with Gasteiger partial charge in [-0.05, 0) is 24.3 Å². The Morgan fingerprint density at radius 3 is 2.41 bits per heavy atom. The van der Waals surface area contributed by atoms with Crippen molar-refractivity contribution in [3.8, 4) is 0 Å². The molecule has 1 rings (SSSR count). The fourth-order valence-electron chi connectivity index (χ4n) is 1.22. The number of anilines is 1. The second-order valence-corrected chi connectivity index (χ2v) is 4.01. The van der Waals surface area contributed by atoms with Crippen LogP contribution in [0.15, 0.2) is 24.3 Å². The zero-order valence-corrected chi connectivity index (χ0v) is 10.0. The molecule has 92 valence electrons. The lowest BCUT2D eigenvalue weighted by atomic mass is 10.2. The molecule has 1 aromatic rings. The number of nitrogens with zero attached hydrogens (tertiary/aromatic N) is 1. The number of halogens is 1. The molecule has 0 radical (unpaired) electrons. The van der Waals surface area contributed by atoms with Gasteiger partial charge in [-0.25, -0.2) is 0 Å². The largest absolute Gasteiger partial charge is 0.480 e. The molecule has 0 saturated heterocycles. The summed E-state index contributed by atoms with van der Waals surface area (Å²) in [6.07, 6.45) is -0.242. The minimum atomic E-state index is -1.19. The number of nitrogens with two attached hydrogens (primary N) is 1. The molecule has 1 unspecified atom stereocenters. The monoisotopic (exact) mass is 256 g/mol. The maximum Gasteiger partial charge on any atom is 0.321 e. The Morgan fingerprint density at radius 1 is 1.41 bits per heavy atom. The third kappa shape index (κ3) is 3.72. The fraction of sp³-hybridized carbons (Fsp3) is 0.273. The Morgan fingerprint density at radius 2 is 1.94 bits per heavy atom. The van der Waals surface area contributed by atoms with E-state index in [2.05, 4.69) is 0 Å². The van der Waals surface area contributed by atoms with E-state index >= 15 is 0 Å². The molecular formula is C11H13ClN2O3. The molecule has 1 atom stereocenters. The molecule has 0 aliphatic rings. The molecule has 0 fully saturated rings. The predicted octanol–water partition coefficient (Wildman–Crippen LogP) is 1.10. The van der Waals surface area contributed by atoms with Gasteiger partial charge in [0.05, 0.1) is 6.42 Å². The van der Waals surface area contributed by atoms with Crippen LogP contribution in [0.4, 0.5) is 5.69 Å². The smallest absolute Gasteiger partial charge is 0.321 e. The highest BCUT2D eigenvalue weighted by molar-refractivity contribution is 6.30. The predicted molar refractivity (Wildman–Crippen MR) is 65.1 cm³/mol. The van der Waals surface area contributed by atoms with Crippen molar-refractivity contribution in [2.75, 3.05) is 11.9 Å². The van der Waals surface area contributed by atoms with Gasteiger partial charge < -0.3 is 15.7 Å². The van der Waals surface area contributed by atoms with E-state index in [1.165, 1.54) is 4.90 Å². The molecule has 1 amide bonds. The lowest BCUT2D eigenvalue weighted by Gasteiger charge is -2.18. The Labute approximate surface area is 104 Å². The molecule has 0 saturated carbocycles. The molecule has 1 aromatic carbocycles. The zero-order chi connectivity index (χ0) is 13.0. The molecule has 0 heterocycles. The number of benzene rings is 1. The molecule has 0 aliphatic carbocycles. The van der Waals surface area contributed by atoms with Gasteiger partial charge in [0.25, 0.3) is 0 Å². The second kappa shape index (κ2) is 5.65. The SMILES string of the molecule is CN(C(=O)CC(N)C(=O)O)c1ccc(Cl)cc1. The molecule has 3 N–H and O–H groups in total. The highest BCUT2D eigenvalue weighted by Gasteiger charge is 2.19. The average Bonchev–Trinajstić information content (AvgIpc) is 2.28. The molecular weight excluding hydrogens is 244 g/mol. The number of aliphatic carboxylic acids is 1.